The molecule has 0 fully saturated rings. The van der Waals surface area contributed by atoms with Crippen molar-refractivity contribution in [1.82, 2.24) is 15.4 Å². The SMILES string of the molecule is COC(=O)[C@H](Cc1nc2ccc(Cl)cc2[nH]c1=O)/C(=N/NC(N)=O)C(=O)Nc1ccc(Cl)cc1. The van der Waals surface area contributed by atoms with Gasteiger partial charge in [0.15, 0.2) is 0 Å². The van der Waals surface area contributed by atoms with Crippen molar-refractivity contribution >= 4 is 63.5 Å². The highest BCUT2D eigenvalue weighted by atomic mass is 35.5. The summed E-state index contributed by atoms with van der Waals surface area (Å²) in [5, 5.41) is 7.08. The number of carbonyl (C=O) groups is 3. The number of amides is 3. The molecule has 0 aliphatic heterocycles. The number of nitrogens with zero attached hydrogens (tertiary/aromatic N) is 2. The highest BCUT2D eigenvalue weighted by Crippen LogP contribution is 2.18. The number of fused-ring (bicyclic) bond motifs is 1. The van der Waals surface area contributed by atoms with Crippen LogP contribution in [0.25, 0.3) is 11.0 Å². The Hall–Kier alpha value is -3.96. The number of halogens is 2. The van der Waals surface area contributed by atoms with Crippen LogP contribution in [0.2, 0.25) is 10.0 Å². The number of anilines is 1. The molecule has 0 radical (unpaired) electrons. The third-order valence-corrected chi connectivity index (χ3v) is 5.05. The van der Waals surface area contributed by atoms with Crippen LogP contribution in [0.3, 0.4) is 0 Å². The summed E-state index contributed by atoms with van der Waals surface area (Å²) in [5.74, 6) is -3.16. The van der Waals surface area contributed by atoms with E-state index in [0.717, 1.165) is 7.11 Å². The van der Waals surface area contributed by atoms with Crippen LogP contribution in [0.4, 0.5) is 10.5 Å². The van der Waals surface area contributed by atoms with Gasteiger partial charge in [0.05, 0.1) is 18.1 Å². The number of methoxy groups -OCH3 is 1. The molecule has 1 atom stereocenters. The van der Waals surface area contributed by atoms with Crippen LogP contribution < -0.4 is 22.0 Å². The molecular formula is C21H18Cl2N6O5. The van der Waals surface area contributed by atoms with E-state index in [-0.39, 0.29) is 12.1 Å². The Bertz CT molecular complexity index is 1340. The first-order valence-electron chi connectivity index (χ1n) is 9.64. The predicted octanol–water partition coefficient (Wildman–Crippen LogP) is 2.22. The van der Waals surface area contributed by atoms with E-state index in [1.165, 1.54) is 30.3 Å². The number of esters is 1. The fraction of sp³-hybridized carbons (Fsp3) is 0.143. The van der Waals surface area contributed by atoms with Gasteiger partial charge in [0.25, 0.3) is 11.5 Å². The standard InChI is InChI=1S/C21H18Cl2N6O5/c1-34-20(32)13(9-16-18(30)27-15-8-11(23)4-7-14(15)26-16)17(28-29-21(24)33)19(31)25-12-5-2-10(22)3-6-12/h2-8,13H,9H2,1H3,(H,25,31)(H,27,30)(H3,24,29,33)/b28-17-/t13-/m1/s1. The molecule has 0 aliphatic carbocycles. The second-order valence-electron chi connectivity index (χ2n) is 6.89. The van der Waals surface area contributed by atoms with Gasteiger partial charge in [0, 0.05) is 22.2 Å². The molecule has 176 valence electrons. The van der Waals surface area contributed by atoms with Crippen molar-refractivity contribution in [2.45, 2.75) is 6.42 Å². The number of H-pyrrole nitrogens is 1. The van der Waals surface area contributed by atoms with Gasteiger partial charge in [0.2, 0.25) is 0 Å². The lowest BCUT2D eigenvalue weighted by molar-refractivity contribution is -0.143. The second kappa shape index (κ2) is 10.8. The van der Waals surface area contributed by atoms with Gasteiger partial charge < -0.3 is 20.8 Å². The van der Waals surface area contributed by atoms with E-state index in [0.29, 0.717) is 26.8 Å². The van der Waals surface area contributed by atoms with Crippen LogP contribution in [0.15, 0.2) is 52.4 Å². The molecule has 11 nitrogen and oxygen atoms in total. The van der Waals surface area contributed by atoms with E-state index < -0.39 is 35.1 Å². The molecule has 0 aliphatic rings. The van der Waals surface area contributed by atoms with Gasteiger partial charge in [-0.05, 0) is 42.5 Å². The van der Waals surface area contributed by atoms with Gasteiger partial charge >= 0.3 is 12.0 Å². The quantitative estimate of drug-likeness (QED) is 0.218. The van der Waals surface area contributed by atoms with Crippen molar-refractivity contribution in [2.75, 3.05) is 12.4 Å². The highest BCUT2D eigenvalue weighted by molar-refractivity contribution is 6.46. The van der Waals surface area contributed by atoms with E-state index in [1.54, 1.807) is 12.1 Å². The Morgan fingerprint density at radius 1 is 1.15 bits per heavy atom. The first kappa shape index (κ1) is 24.7. The summed E-state index contributed by atoms with van der Waals surface area (Å²) in [6.45, 7) is 0. The van der Waals surface area contributed by atoms with Gasteiger partial charge in [0.1, 0.15) is 17.3 Å². The second-order valence-corrected chi connectivity index (χ2v) is 7.76. The number of hydrazone groups is 1. The molecule has 3 amide bonds. The molecule has 0 saturated carbocycles. The molecule has 2 aromatic carbocycles. The van der Waals surface area contributed by atoms with Crippen molar-refractivity contribution in [2.24, 2.45) is 16.8 Å². The molecule has 1 heterocycles. The number of rotatable bonds is 7. The van der Waals surface area contributed by atoms with E-state index in [2.05, 4.69) is 20.4 Å². The number of primary amides is 1. The fourth-order valence-corrected chi connectivity index (χ4v) is 3.29. The van der Waals surface area contributed by atoms with Crippen molar-refractivity contribution < 1.29 is 19.1 Å². The number of carbonyl (C=O) groups excluding carboxylic acids is 3. The molecule has 0 bridgehead atoms. The summed E-state index contributed by atoms with van der Waals surface area (Å²) in [5.41, 5.74) is 7.00. The Morgan fingerprint density at radius 3 is 2.47 bits per heavy atom. The third-order valence-electron chi connectivity index (χ3n) is 4.56. The minimum Gasteiger partial charge on any atom is -0.468 e. The van der Waals surface area contributed by atoms with Crippen LogP contribution >= 0.6 is 23.2 Å². The molecule has 1 aromatic heterocycles. The Labute approximate surface area is 202 Å². The van der Waals surface area contributed by atoms with Crippen LogP contribution in [-0.2, 0) is 20.7 Å². The zero-order valence-electron chi connectivity index (χ0n) is 17.6. The monoisotopic (exact) mass is 504 g/mol. The number of aromatic nitrogens is 2. The summed E-state index contributed by atoms with van der Waals surface area (Å²) in [6, 6.07) is 9.74. The smallest absolute Gasteiger partial charge is 0.332 e. The molecule has 0 unspecified atom stereocenters. The summed E-state index contributed by atoms with van der Waals surface area (Å²) in [4.78, 5) is 56.4. The van der Waals surface area contributed by atoms with Gasteiger partial charge in [-0.2, -0.15) is 5.10 Å². The number of hydrogen-bond acceptors (Lipinski definition) is 7. The zero-order valence-corrected chi connectivity index (χ0v) is 19.1. The maximum atomic E-state index is 13.0. The number of ether oxygens (including phenoxy) is 1. The van der Waals surface area contributed by atoms with Crippen molar-refractivity contribution in [3.63, 3.8) is 0 Å². The molecular weight excluding hydrogens is 487 g/mol. The summed E-state index contributed by atoms with van der Waals surface area (Å²) in [6.07, 6.45) is -0.367. The van der Waals surface area contributed by atoms with Gasteiger partial charge in [-0.1, -0.05) is 23.2 Å². The lowest BCUT2D eigenvalue weighted by Gasteiger charge is -2.17. The maximum absolute atomic E-state index is 13.0. The van der Waals surface area contributed by atoms with E-state index in [1.807, 2.05) is 5.43 Å². The van der Waals surface area contributed by atoms with E-state index in [4.69, 9.17) is 33.7 Å². The number of nitrogens with two attached hydrogens (primary N) is 1. The molecule has 0 saturated heterocycles. The molecule has 34 heavy (non-hydrogen) atoms. The van der Waals surface area contributed by atoms with Gasteiger partial charge in [-0.15, -0.1) is 0 Å². The summed E-state index contributed by atoms with van der Waals surface area (Å²) < 4.78 is 4.81. The van der Waals surface area contributed by atoms with Crippen LogP contribution in [0, 0.1) is 5.92 Å². The Morgan fingerprint density at radius 2 is 1.82 bits per heavy atom. The lowest BCUT2D eigenvalue weighted by Crippen LogP contribution is -2.40. The maximum Gasteiger partial charge on any atom is 0.332 e. The predicted molar refractivity (Wildman–Crippen MR) is 127 cm³/mol. The number of urea groups is 1. The van der Waals surface area contributed by atoms with E-state index in [9.17, 15) is 19.2 Å². The highest BCUT2D eigenvalue weighted by Gasteiger charge is 2.33. The van der Waals surface area contributed by atoms with Crippen molar-refractivity contribution in [1.29, 1.82) is 0 Å². The number of hydrogen-bond donors (Lipinski definition) is 4. The van der Waals surface area contributed by atoms with Crippen molar-refractivity contribution in [3.8, 4) is 0 Å². The minimum atomic E-state index is -1.41. The molecule has 0 spiro atoms. The molecule has 3 aromatic rings. The van der Waals surface area contributed by atoms with Crippen LogP contribution in [0.5, 0.6) is 0 Å². The largest absolute Gasteiger partial charge is 0.468 e. The number of nitrogens with one attached hydrogen (secondary N) is 3. The molecule has 3 rings (SSSR count). The number of benzene rings is 2. The normalized spacial score (nSPS) is 12.1. The average Bonchev–Trinajstić information content (AvgIpc) is 2.79. The Kier molecular flexibility index (Phi) is 7.82. The number of aromatic amines is 1. The summed E-state index contributed by atoms with van der Waals surface area (Å²) in [7, 11) is 1.10. The molecule has 5 N–H and O–H groups in total. The van der Waals surface area contributed by atoms with Crippen LogP contribution in [0.1, 0.15) is 5.69 Å². The first-order valence-corrected chi connectivity index (χ1v) is 10.4. The average molecular weight is 505 g/mol. The third kappa shape index (κ3) is 6.09. The Balaban J connectivity index is 2.01. The van der Waals surface area contributed by atoms with Crippen LogP contribution in [-0.4, -0.2) is 40.7 Å². The van der Waals surface area contributed by atoms with Gasteiger partial charge in [-0.25, -0.2) is 15.2 Å². The lowest BCUT2D eigenvalue weighted by atomic mass is 9.96. The minimum absolute atomic E-state index is 0.0729. The van der Waals surface area contributed by atoms with Gasteiger partial charge in [-0.3, -0.25) is 14.4 Å². The molecule has 13 heteroatoms. The summed E-state index contributed by atoms with van der Waals surface area (Å²) >= 11 is 11.8. The topological polar surface area (TPSA) is 169 Å². The first-order chi connectivity index (χ1) is 16.2. The van der Waals surface area contributed by atoms with E-state index >= 15 is 0 Å². The fourth-order valence-electron chi connectivity index (χ4n) is 2.99. The zero-order chi connectivity index (χ0) is 24.8. The van der Waals surface area contributed by atoms with Crippen molar-refractivity contribution in [3.05, 3.63) is 68.6 Å².